The Kier molecular flexibility index (Phi) is 8.58. The predicted molar refractivity (Wildman–Crippen MR) is 121 cm³/mol. The van der Waals surface area contributed by atoms with Crippen LogP contribution >= 0.6 is 23.7 Å². The molecule has 2 amide bonds. The quantitative estimate of drug-likeness (QED) is 0.554. The molecule has 0 radical (unpaired) electrons. The van der Waals surface area contributed by atoms with Gasteiger partial charge < -0.3 is 11.1 Å². The van der Waals surface area contributed by atoms with Crippen LogP contribution in [0.5, 0.6) is 0 Å². The maximum Gasteiger partial charge on any atom is 0.251 e. The first kappa shape index (κ1) is 25.3. The fraction of sp³-hybridized carbons (Fsp3) is 0.400. The highest BCUT2D eigenvalue weighted by atomic mass is 35.5. The normalized spacial score (nSPS) is 13.9. The molecule has 11 heteroatoms. The molecule has 1 aliphatic heterocycles. The number of halogens is 2. The molecular formula is C20H25ClFN3O4S2. The summed E-state index contributed by atoms with van der Waals surface area (Å²) >= 11 is 1.31. The van der Waals surface area contributed by atoms with Crippen LogP contribution in [0.15, 0.2) is 29.2 Å². The average molecular weight is 490 g/mol. The van der Waals surface area contributed by atoms with E-state index in [1.54, 1.807) is 0 Å². The van der Waals surface area contributed by atoms with E-state index in [2.05, 4.69) is 17.1 Å². The van der Waals surface area contributed by atoms with Gasteiger partial charge in [-0.25, -0.2) is 12.8 Å². The number of anilines is 1. The molecule has 3 rings (SSSR count). The Morgan fingerprint density at radius 1 is 1.26 bits per heavy atom. The molecule has 3 N–H and O–H groups in total. The van der Waals surface area contributed by atoms with Crippen molar-refractivity contribution in [2.75, 3.05) is 24.2 Å². The molecular weight excluding hydrogens is 465 g/mol. The number of carbonyl (C=O) groups excluding carboxylic acids is 2. The maximum atomic E-state index is 13.0. The number of amides is 2. The third-order valence-electron chi connectivity index (χ3n) is 4.95. The van der Waals surface area contributed by atoms with E-state index >= 15 is 0 Å². The SMILES string of the molecule is CCCN1CCc2c(sc(NC(=O)CCS(=O)(=O)c3ccc(F)cc3)c2C(N)=O)C1.Cl. The fourth-order valence-corrected chi connectivity index (χ4v) is 6.04. The van der Waals surface area contributed by atoms with Gasteiger partial charge in [0.1, 0.15) is 10.8 Å². The molecule has 0 aliphatic carbocycles. The molecule has 0 fully saturated rings. The van der Waals surface area contributed by atoms with Crippen molar-refractivity contribution >= 4 is 50.4 Å². The smallest absolute Gasteiger partial charge is 0.251 e. The minimum absolute atomic E-state index is 0. The molecule has 0 saturated carbocycles. The molecule has 0 spiro atoms. The molecule has 1 aromatic heterocycles. The molecule has 2 aromatic rings. The number of hydrogen-bond donors (Lipinski definition) is 2. The summed E-state index contributed by atoms with van der Waals surface area (Å²) in [6.07, 6.45) is 1.41. The Hall–Kier alpha value is -2.01. The van der Waals surface area contributed by atoms with Crippen molar-refractivity contribution in [2.24, 2.45) is 5.73 Å². The summed E-state index contributed by atoms with van der Waals surface area (Å²) < 4.78 is 37.7. The highest BCUT2D eigenvalue weighted by Gasteiger charge is 2.27. The number of nitrogens with one attached hydrogen (secondary N) is 1. The van der Waals surface area contributed by atoms with E-state index in [0.29, 0.717) is 23.5 Å². The number of sulfone groups is 1. The fourth-order valence-electron chi connectivity index (χ4n) is 3.49. The topological polar surface area (TPSA) is 110 Å². The predicted octanol–water partition coefficient (Wildman–Crippen LogP) is 2.98. The molecule has 0 unspecified atom stereocenters. The molecule has 0 atom stereocenters. The zero-order valence-corrected chi connectivity index (χ0v) is 19.5. The second-order valence-electron chi connectivity index (χ2n) is 7.17. The first-order valence-electron chi connectivity index (χ1n) is 9.66. The van der Waals surface area contributed by atoms with Crippen LogP contribution in [0.4, 0.5) is 9.39 Å². The number of carbonyl (C=O) groups is 2. The molecule has 0 saturated heterocycles. The van der Waals surface area contributed by atoms with Crippen LogP contribution in [0.25, 0.3) is 0 Å². The third kappa shape index (κ3) is 6.03. The van der Waals surface area contributed by atoms with Crippen LogP contribution in [0.2, 0.25) is 0 Å². The minimum atomic E-state index is -3.73. The third-order valence-corrected chi connectivity index (χ3v) is 7.81. The van der Waals surface area contributed by atoms with Gasteiger partial charge in [0.2, 0.25) is 5.91 Å². The van der Waals surface area contributed by atoms with Crippen molar-refractivity contribution in [3.05, 3.63) is 46.1 Å². The molecule has 1 aromatic carbocycles. The summed E-state index contributed by atoms with van der Waals surface area (Å²) in [6.45, 7) is 4.57. The lowest BCUT2D eigenvalue weighted by Crippen LogP contribution is -2.31. The van der Waals surface area contributed by atoms with E-state index in [1.165, 1.54) is 23.5 Å². The first-order valence-corrected chi connectivity index (χ1v) is 12.1. The zero-order chi connectivity index (χ0) is 21.9. The second kappa shape index (κ2) is 10.5. The summed E-state index contributed by atoms with van der Waals surface area (Å²) in [5.41, 5.74) is 6.75. The van der Waals surface area contributed by atoms with Crippen LogP contribution in [0, 0.1) is 5.82 Å². The maximum absolute atomic E-state index is 13.0. The highest BCUT2D eigenvalue weighted by molar-refractivity contribution is 7.91. The number of benzene rings is 1. The number of primary amides is 1. The van der Waals surface area contributed by atoms with Crippen LogP contribution in [-0.4, -0.2) is 44.0 Å². The Bertz CT molecular complexity index is 1060. The van der Waals surface area contributed by atoms with E-state index in [0.717, 1.165) is 42.1 Å². The lowest BCUT2D eigenvalue weighted by Gasteiger charge is -2.26. The van der Waals surface area contributed by atoms with Gasteiger partial charge in [-0.1, -0.05) is 6.92 Å². The lowest BCUT2D eigenvalue weighted by atomic mass is 10.0. The first-order chi connectivity index (χ1) is 14.2. The minimum Gasteiger partial charge on any atom is -0.365 e. The summed E-state index contributed by atoms with van der Waals surface area (Å²) in [6, 6.07) is 4.46. The van der Waals surface area contributed by atoms with Crippen LogP contribution in [-0.2, 0) is 27.6 Å². The van der Waals surface area contributed by atoms with E-state index < -0.39 is 33.2 Å². The van der Waals surface area contributed by atoms with Gasteiger partial charge in [-0.05, 0) is 49.2 Å². The van der Waals surface area contributed by atoms with Crippen molar-refractivity contribution in [1.82, 2.24) is 4.90 Å². The molecule has 31 heavy (non-hydrogen) atoms. The summed E-state index contributed by atoms with van der Waals surface area (Å²) in [5.74, 6) is -2.09. The zero-order valence-electron chi connectivity index (χ0n) is 17.0. The Morgan fingerprint density at radius 3 is 2.55 bits per heavy atom. The van der Waals surface area contributed by atoms with E-state index in [-0.39, 0.29) is 23.7 Å². The Labute approximate surface area is 191 Å². The van der Waals surface area contributed by atoms with Gasteiger partial charge in [0.05, 0.1) is 16.2 Å². The van der Waals surface area contributed by atoms with E-state index in [4.69, 9.17) is 5.73 Å². The van der Waals surface area contributed by atoms with Crippen LogP contribution < -0.4 is 11.1 Å². The molecule has 2 heterocycles. The summed E-state index contributed by atoms with van der Waals surface area (Å²) in [7, 11) is -3.73. The largest absolute Gasteiger partial charge is 0.365 e. The van der Waals surface area contributed by atoms with Crippen molar-refractivity contribution < 1.29 is 22.4 Å². The highest BCUT2D eigenvalue weighted by Crippen LogP contribution is 2.37. The summed E-state index contributed by atoms with van der Waals surface area (Å²) in [5, 5.41) is 3.04. The number of nitrogens with zero attached hydrogens (tertiary/aromatic N) is 1. The Morgan fingerprint density at radius 2 is 1.94 bits per heavy atom. The number of fused-ring (bicyclic) bond motifs is 1. The van der Waals surface area contributed by atoms with Crippen molar-refractivity contribution in [2.45, 2.75) is 37.6 Å². The summed E-state index contributed by atoms with van der Waals surface area (Å²) in [4.78, 5) is 27.7. The number of thiophene rings is 1. The van der Waals surface area contributed by atoms with Gasteiger partial charge in [-0.15, -0.1) is 23.7 Å². The number of hydrogen-bond acceptors (Lipinski definition) is 6. The Balaban J connectivity index is 0.00000341. The standard InChI is InChI=1S/C20H24FN3O4S2.ClH/c1-2-9-24-10-7-15-16(12-24)29-20(18(15)19(22)26)23-17(25)8-11-30(27,28)14-5-3-13(21)4-6-14;/h3-6H,2,7-12H2,1H3,(H2,22,26)(H,23,25);1H. The van der Waals surface area contributed by atoms with E-state index in [9.17, 15) is 22.4 Å². The van der Waals surface area contributed by atoms with Gasteiger partial charge in [-0.2, -0.15) is 0 Å². The van der Waals surface area contributed by atoms with Crippen molar-refractivity contribution in [3.63, 3.8) is 0 Å². The van der Waals surface area contributed by atoms with Crippen molar-refractivity contribution in [1.29, 1.82) is 0 Å². The number of rotatable bonds is 8. The van der Waals surface area contributed by atoms with Crippen LogP contribution in [0.1, 0.15) is 40.6 Å². The van der Waals surface area contributed by atoms with Gasteiger partial charge >= 0.3 is 0 Å². The van der Waals surface area contributed by atoms with Gasteiger partial charge in [0.15, 0.2) is 9.84 Å². The second-order valence-corrected chi connectivity index (χ2v) is 10.4. The van der Waals surface area contributed by atoms with Crippen LogP contribution in [0.3, 0.4) is 0 Å². The molecule has 0 bridgehead atoms. The average Bonchev–Trinajstić information content (AvgIpc) is 3.04. The molecule has 170 valence electrons. The number of nitrogens with two attached hydrogens (primary N) is 1. The van der Waals surface area contributed by atoms with Crippen molar-refractivity contribution in [3.8, 4) is 0 Å². The molecule has 1 aliphatic rings. The van der Waals surface area contributed by atoms with Gasteiger partial charge in [-0.3, -0.25) is 14.5 Å². The van der Waals surface area contributed by atoms with Gasteiger partial charge in [0.25, 0.3) is 5.91 Å². The van der Waals surface area contributed by atoms with E-state index in [1.807, 2.05) is 0 Å². The van der Waals surface area contributed by atoms with Gasteiger partial charge in [0, 0.05) is 24.4 Å². The lowest BCUT2D eigenvalue weighted by molar-refractivity contribution is -0.115. The monoisotopic (exact) mass is 489 g/mol. The molecule has 7 nitrogen and oxygen atoms in total.